The summed E-state index contributed by atoms with van der Waals surface area (Å²) in [6.45, 7) is 11.4. The standard InChI is InChI=1S/C13H26N2O2/c1-10-6-11(14-9-13(2,3)4)8-15(7-10)12(16)17-5/h10-11,14H,6-9H2,1-5H3. The number of carbonyl (C=O) groups excluding carboxylic acids is 1. The van der Waals surface area contributed by atoms with Gasteiger partial charge in [-0.25, -0.2) is 4.79 Å². The van der Waals surface area contributed by atoms with E-state index in [1.165, 1.54) is 7.11 Å². The predicted molar refractivity (Wildman–Crippen MR) is 69.0 cm³/mol. The number of ether oxygens (including phenoxy) is 1. The van der Waals surface area contributed by atoms with Gasteiger partial charge in [-0.2, -0.15) is 0 Å². The van der Waals surface area contributed by atoms with Crippen LogP contribution >= 0.6 is 0 Å². The molecule has 1 aliphatic rings. The van der Waals surface area contributed by atoms with Gasteiger partial charge in [0.25, 0.3) is 0 Å². The van der Waals surface area contributed by atoms with Crippen molar-refractivity contribution in [2.24, 2.45) is 11.3 Å². The van der Waals surface area contributed by atoms with Crippen LogP contribution in [0.15, 0.2) is 0 Å². The summed E-state index contributed by atoms with van der Waals surface area (Å²) in [6, 6.07) is 0.386. The third-order valence-corrected chi connectivity index (χ3v) is 3.01. The summed E-state index contributed by atoms with van der Waals surface area (Å²) in [5, 5.41) is 3.55. The molecule has 0 aliphatic carbocycles. The first kappa shape index (κ1) is 14.3. The molecule has 1 saturated heterocycles. The molecular weight excluding hydrogens is 216 g/mol. The molecule has 0 radical (unpaired) electrons. The maximum absolute atomic E-state index is 11.5. The van der Waals surface area contributed by atoms with Crippen molar-refractivity contribution in [3.05, 3.63) is 0 Å². The van der Waals surface area contributed by atoms with Crippen molar-refractivity contribution in [2.45, 2.75) is 40.2 Å². The van der Waals surface area contributed by atoms with Crippen LogP contribution < -0.4 is 5.32 Å². The molecule has 0 aromatic heterocycles. The fraction of sp³-hybridized carbons (Fsp3) is 0.923. The van der Waals surface area contributed by atoms with Gasteiger partial charge in [0.2, 0.25) is 0 Å². The lowest BCUT2D eigenvalue weighted by atomic mass is 9.93. The quantitative estimate of drug-likeness (QED) is 0.806. The molecule has 0 saturated carbocycles. The first-order valence-electron chi connectivity index (χ1n) is 6.38. The topological polar surface area (TPSA) is 41.6 Å². The Labute approximate surface area is 105 Å². The first-order valence-corrected chi connectivity index (χ1v) is 6.38. The van der Waals surface area contributed by atoms with Crippen molar-refractivity contribution in [3.63, 3.8) is 0 Å². The highest BCUT2D eigenvalue weighted by atomic mass is 16.5. The van der Waals surface area contributed by atoms with E-state index in [9.17, 15) is 4.79 Å². The van der Waals surface area contributed by atoms with Crippen LogP contribution in [0, 0.1) is 11.3 Å². The zero-order valence-corrected chi connectivity index (χ0v) is 11.7. The maximum atomic E-state index is 11.5. The van der Waals surface area contributed by atoms with Crippen LogP contribution in [-0.2, 0) is 4.74 Å². The molecular formula is C13H26N2O2. The highest BCUT2D eigenvalue weighted by Gasteiger charge is 2.28. The van der Waals surface area contributed by atoms with Crippen LogP contribution in [0.2, 0.25) is 0 Å². The Kier molecular flexibility index (Phi) is 4.80. The normalized spacial score (nSPS) is 25.8. The van der Waals surface area contributed by atoms with Gasteiger partial charge in [-0.05, 0) is 17.8 Å². The highest BCUT2D eigenvalue weighted by molar-refractivity contribution is 5.67. The number of likely N-dealkylation sites (tertiary alicyclic amines) is 1. The van der Waals surface area contributed by atoms with Crippen molar-refractivity contribution in [3.8, 4) is 0 Å². The second-order valence-electron chi connectivity index (χ2n) is 6.35. The summed E-state index contributed by atoms with van der Waals surface area (Å²) < 4.78 is 4.79. The second-order valence-corrected chi connectivity index (χ2v) is 6.35. The molecule has 1 aliphatic heterocycles. The Morgan fingerprint density at radius 3 is 2.59 bits per heavy atom. The molecule has 0 spiro atoms. The molecule has 2 unspecified atom stereocenters. The molecule has 0 aromatic rings. The molecule has 0 bridgehead atoms. The van der Waals surface area contributed by atoms with E-state index in [1.807, 2.05) is 0 Å². The van der Waals surface area contributed by atoms with Gasteiger partial charge in [0.05, 0.1) is 7.11 Å². The number of nitrogens with zero attached hydrogens (tertiary/aromatic N) is 1. The fourth-order valence-electron chi connectivity index (χ4n) is 2.23. The number of rotatable bonds is 2. The van der Waals surface area contributed by atoms with Gasteiger partial charge in [0.1, 0.15) is 0 Å². The van der Waals surface area contributed by atoms with Gasteiger partial charge < -0.3 is 15.0 Å². The van der Waals surface area contributed by atoms with Crippen LogP contribution in [0.3, 0.4) is 0 Å². The molecule has 1 heterocycles. The van der Waals surface area contributed by atoms with Gasteiger partial charge in [-0.3, -0.25) is 0 Å². The molecule has 4 nitrogen and oxygen atoms in total. The van der Waals surface area contributed by atoms with Gasteiger partial charge >= 0.3 is 6.09 Å². The largest absolute Gasteiger partial charge is 0.453 e. The van der Waals surface area contributed by atoms with E-state index in [4.69, 9.17) is 4.74 Å². The van der Waals surface area contributed by atoms with E-state index in [-0.39, 0.29) is 11.5 Å². The molecule has 1 rings (SSSR count). The Morgan fingerprint density at radius 1 is 1.41 bits per heavy atom. The van der Waals surface area contributed by atoms with Gasteiger partial charge in [0, 0.05) is 25.7 Å². The third-order valence-electron chi connectivity index (χ3n) is 3.01. The van der Waals surface area contributed by atoms with Crippen LogP contribution in [-0.4, -0.2) is 43.8 Å². The summed E-state index contributed by atoms with van der Waals surface area (Å²) in [6.07, 6.45) is 0.919. The molecule has 0 aromatic carbocycles. The molecule has 2 atom stereocenters. The van der Waals surface area contributed by atoms with Gasteiger partial charge in [-0.15, -0.1) is 0 Å². The number of hydrogen-bond donors (Lipinski definition) is 1. The van der Waals surface area contributed by atoms with E-state index in [1.54, 1.807) is 4.90 Å². The number of methoxy groups -OCH3 is 1. The Bertz CT molecular complexity index is 261. The van der Waals surface area contributed by atoms with Gasteiger partial charge in [-0.1, -0.05) is 27.7 Å². The lowest BCUT2D eigenvalue weighted by molar-refractivity contribution is 0.0924. The molecule has 4 heteroatoms. The molecule has 1 N–H and O–H groups in total. The number of hydrogen-bond acceptors (Lipinski definition) is 3. The summed E-state index contributed by atoms with van der Waals surface area (Å²) in [5.41, 5.74) is 0.275. The predicted octanol–water partition coefficient (Wildman–Crippen LogP) is 2.10. The molecule has 1 fully saturated rings. The van der Waals surface area contributed by atoms with Crippen LogP contribution in [0.4, 0.5) is 4.79 Å². The average Bonchev–Trinajstić information content (AvgIpc) is 2.23. The van der Waals surface area contributed by atoms with E-state index >= 15 is 0 Å². The van der Waals surface area contributed by atoms with Crippen molar-refractivity contribution in [1.29, 1.82) is 0 Å². The highest BCUT2D eigenvalue weighted by Crippen LogP contribution is 2.18. The first-order chi connectivity index (χ1) is 7.81. The minimum absolute atomic E-state index is 0.209. The number of amides is 1. The van der Waals surface area contributed by atoms with Crippen LogP contribution in [0.25, 0.3) is 0 Å². The Morgan fingerprint density at radius 2 is 2.06 bits per heavy atom. The number of piperidine rings is 1. The summed E-state index contributed by atoms with van der Waals surface area (Å²) >= 11 is 0. The minimum atomic E-state index is -0.209. The van der Waals surface area contributed by atoms with E-state index in [0.717, 1.165) is 26.1 Å². The van der Waals surface area contributed by atoms with Crippen LogP contribution in [0.5, 0.6) is 0 Å². The van der Waals surface area contributed by atoms with E-state index in [2.05, 4.69) is 33.0 Å². The monoisotopic (exact) mass is 242 g/mol. The van der Waals surface area contributed by atoms with Crippen molar-refractivity contribution < 1.29 is 9.53 Å². The molecule has 1 amide bonds. The lowest BCUT2D eigenvalue weighted by Gasteiger charge is -2.37. The zero-order valence-electron chi connectivity index (χ0n) is 11.7. The fourth-order valence-corrected chi connectivity index (χ4v) is 2.23. The summed E-state index contributed by atoms with van der Waals surface area (Å²) in [5.74, 6) is 0.528. The SMILES string of the molecule is COC(=O)N1CC(C)CC(NCC(C)(C)C)C1. The average molecular weight is 242 g/mol. The minimum Gasteiger partial charge on any atom is -0.453 e. The lowest BCUT2D eigenvalue weighted by Crippen LogP contribution is -2.52. The smallest absolute Gasteiger partial charge is 0.409 e. The van der Waals surface area contributed by atoms with E-state index < -0.39 is 0 Å². The third kappa shape index (κ3) is 4.94. The second kappa shape index (κ2) is 5.71. The zero-order chi connectivity index (χ0) is 13.1. The number of carbonyl (C=O) groups is 1. The maximum Gasteiger partial charge on any atom is 0.409 e. The van der Waals surface area contributed by atoms with E-state index in [0.29, 0.717) is 12.0 Å². The van der Waals surface area contributed by atoms with Crippen molar-refractivity contribution >= 4 is 6.09 Å². The number of nitrogens with one attached hydrogen (secondary N) is 1. The van der Waals surface area contributed by atoms with Gasteiger partial charge in [0.15, 0.2) is 0 Å². The summed E-state index contributed by atoms with van der Waals surface area (Å²) in [7, 11) is 1.44. The van der Waals surface area contributed by atoms with Crippen molar-refractivity contribution in [1.82, 2.24) is 10.2 Å². The summed E-state index contributed by atoms with van der Waals surface area (Å²) in [4.78, 5) is 13.3. The molecule has 17 heavy (non-hydrogen) atoms. The van der Waals surface area contributed by atoms with Crippen molar-refractivity contribution in [2.75, 3.05) is 26.7 Å². The molecule has 100 valence electrons. The Hall–Kier alpha value is -0.770. The van der Waals surface area contributed by atoms with Crippen LogP contribution in [0.1, 0.15) is 34.1 Å². The Balaban J connectivity index is 2.48.